The van der Waals surface area contributed by atoms with Crippen molar-refractivity contribution in [2.75, 3.05) is 13.1 Å². The second-order valence-corrected chi connectivity index (χ2v) is 8.26. The van der Waals surface area contributed by atoms with E-state index in [1.807, 2.05) is 36.1 Å². The number of rotatable bonds is 4. The van der Waals surface area contributed by atoms with E-state index in [0.29, 0.717) is 6.04 Å². The Morgan fingerprint density at radius 2 is 2.12 bits per heavy atom. The number of carbonyl (C=O) groups excluding carboxylic acids is 1. The number of hydrogen-bond acceptors (Lipinski definition) is 5. The number of amides is 1. The first-order chi connectivity index (χ1) is 11.5. The molecular weight excluding hydrogens is 338 g/mol. The molecule has 128 valence electrons. The first-order valence-electron chi connectivity index (χ1n) is 8.23. The van der Waals surface area contributed by atoms with E-state index in [0.717, 1.165) is 35.1 Å². The highest BCUT2D eigenvalue weighted by atomic mass is 32.2. The van der Waals surface area contributed by atoms with Gasteiger partial charge in [0.05, 0.1) is 10.7 Å². The summed E-state index contributed by atoms with van der Waals surface area (Å²) in [7, 11) is 0. The Bertz CT molecular complexity index is 699. The highest BCUT2D eigenvalue weighted by Gasteiger charge is 2.28. The first-order valence-corrected chi connectivity index (χ1v) is 10.1. The monoisotopic (exact) mass is 361 g/mol. The molecule has 24 heavy (non-hydrogen) atoms. The summed E-state index contributed by atoms with van der Waals surface area (Å²) in [6.07, 6.45) is 0. The standard InChI is InChI=1S/C18H23N3OS2/c1-12-13(2)21(9-8-19-12)18(22)15-4-6-17(7-5-15)24-11-16-10-23-14(3)20-16/h4-7,10,12-13,19H,8-9,11H2,1-3H3. The van der Waals surface area contributed by atoms with Crippen LogP contribution in [0.1, 0.15) is 34.9 Å². The smallest absolute Gasteiger partial charge is 0.254 e. The fraction of sp³-hybridized carbons (Fsp3) is 0.444. The minimum atomic E-state index is 0.127. The quantitative estimate of drug-likeness (QED) is 0.846. The number of nitrogens with zero attached hydrogens (tertiary/aromatic N) is 2. The van der Waals surface area contributed by atoms with Gasteiger partial charge in [-0.2, -0.15) is 0 Å². The van der Waals surface area contributed by atoms with Gasteiger partial charge in [0, 0.05) is 46.8 Å². The molecule has 1 amide bonds. The van der Waals surface area contributed by atoms with Crippen LogP contribution < -0.4 is 5.32 Å². The molecule has 6 heteroatoms. The highest BCUT2D eigenvalue weighted by Crippen LogP contribution is 2.24. The van der Waals surface area contributed by atoms with E-state index >= 15 is 0 Å². The van der Waals surface area contributed by atoms with Crippen LogP contribution in [0.4, 0.5) is 0 Å². The van der Waals surface area contributed by atoms with Gasteiger partial charge in [-0.25, -0.2) is 4.98 Å². The van der Waals surface area contributed by atoms with E-state index in [9.17, 15) is 4.79 Å². The minimum absolute atomic E-state index is 0.127. The summed E-state index contributed by atoms with van der Waals surface area (Å²) >= 11 is 3.44. The van der Waals surface area contributed by atoms with Crippen molar-refractivity contribution < 1.29 is 4.79 Å². The Morgan fingerprint density at radius 1 is 1.38 bits per heavy atom. The van der Waals surface area contributed by atoms with Crippen LogP contribution >= 0.6 is 23.1 Å². The summed E-state index contributed by atoms with van der Waals surface area (Å²) in [6.45, 7) is 7.89. The van der Waals surface area contributed by atoms with Gasteiger partial charge in [0.1, 0.15) is 0 Å². The SMILES string of the molecule is Cc1nc(CSc2ccc(C(=O)N3CCNC(C)C3C)cc2)cs1. The summed E-state index contributed by atoms with van der Waals surface area (Å²) in [4.78, 5) is 20.4. The zero-order valence-electron chi connectivity index (χ0n) is 14.3. The number of benzene rings is 1. The number of thioether (sulfide) groups is 1. The molecule has 1 aliphatic rings. The Hall–Kier alpha value is -1.37. The molecule has 0 spiro atoms. The molecular formula is C18H23N3OS2. The Balaban J connectivity index is 1.62. The maximum atomic E-state index is 12.7. The zero-order valence-corrected chi connectivity index (χ0v) is 15.9. The van der Waals surface area contributed by atoms with Gasteiger partial charge in [-0.3, -0.25) is 4.79 Å². The predicted octanol–water partition coefficient (Wildman–Crippen LogP) is 3.57. The van der Waals surface area contributed by atoms with E-state index in [-0.39, 0.29) is 11.9 Å². The Kier molecular flexibility index (Phi) is 5.58. The van der Waals surface area contributed by atoms with Gasteiger partial charge in [-0.1, -0.05) is 0 Å². The molecule has 0 aliphatic carbocycles. The highest BCUT2D eigenvalue weighted by molar-refractivity contribution is 7.98. The van der Waals surface area contributed by atoms with Gasteiger partial charge in [-0.15, -0.1) is 23.1 Å². The number of hydrogen-bond donors (Lipinski definition) is 1. The van der Waals surface area contributed by atoms with Crippen LogP contribution in [0, 0.1) is 6.92 Å². The molecule has 1 saturated heterocycles. The summed E-state index contributed by atoms with van der Waals surface area (Å²) in [5, 5.41) is 6.62. The summed E-state index contributed by atoms with van der Waals surface area (Å²) in [5.41, 5.74) is 1.89. The van der Waals surface area contributed by atoms with Gasteiger partial charge in [0.2, 0.25) is 0 Å². The minimum Gasteiger partial charge on any atom is -0.333 e. The van der Waals surface area contributed by atoms with Crippen molar-refractivity contribution in [3.63, 3.8) is 0 Å². The zero-order chi connectivity index (χ0) is 17.1. The molecule has 1 aromatic heterocycles. The van der Waals surface area contributed by atoms with Crippen LogP contribution in [0.2, 0.25) is 0 Å². The average molecular weight is 362 g/mol. The van der Waals surface area contributed by atoms with Crippen LogP contribution in [-0.2, 0) is 5.75 Å². The lowest BCUT2D eigenvalue weighted by Crippen LogP contribution is -2.57. The predicted molar refractivity (Wildman–Crippen MR) is 101 cm³/mol. The Labute approximate surface area is 151 Å². The molecule has 0 bridgehead atoms. The van der Waals surface area contributed by atoms with E-state index < -0.39 is 0 Å². The lowest BCUT2D eigenvalue weighted by atomic mass is 10.1. The molecule has 1 aromatic carbocycles. The molecule has 2 heterocycles. The summed E-state index contributed by atoms with van der Waals surface area (Å²) in [6, 6.07) is 8.50. The first kappa shape index (κ1) is 17.5. The molecule has 2 aromatic rings. The van der Waals surface area contributed by atoms with Gasteiger partial charge >= 0.3 is 0 Å². The van der Waals surface area contributed by atoms with E-state index in [1.54, 1.807) is 23.1 Å². The lowest BCUT2D eigenvalue weighted by molar-refractivity contribution is 0.0603. The van der Waals surface area contributed by atoms with Gasteiger partial charge in [0.15, 0.2) is 0 Å². The van der Waals surface area contributed by atoms with Crippen molar-refractivity contribution in [2.24, 2.45) is 0 Å². The molecule has 1 fully saturated rings. The Morgan fingerprint density at radius 3 is 2.79 bits per heavy atom. The van der Waals surface area contributed by atoms with Crippen molar-refractivity contribution in [3.8, 4) is 0 Å². The van der Waals surface area contributed by atoms with Crippen molar-refractivity contribution in [1.82, 2.24) is 15.2 Å². The van der Waals surface area contributed by atoms with Crippen LogP contribution in [0.15, 0.2) is 34.5 Å². The summed E-state index contributed by atoms with van der Waals surface area (Å²) < 4.78 is 0. The molecule has 2 unspecified atom stereocenters. The van der Waals surface area contributed by atoms with E-state index in [1.165, 1.54) is 4.90 Å². The van der Waals surface area contributed by atoms with Gasteiger partial charge in [-0.05, 0) is 45.0 Å². The lowest BCUT2D eigenvalue weighted by Gasteiger charge is -2.38. The van der Waals surface area contributed by atoms with Crippen molar-refractivity contribution in [1.29, 1.82) is 0 Å². The van der Waals surface area contributed by atoms with Crippen molar-refractivity contribution in [3.05, 3.63) is 45.9 Å². The van der Waals surface area contributed by atoms with E-state index in [4.69, 9.17) is 0 Å². The number of carbonyl (C=O) groups is 1. The molecule has 1 aliphatic heterocycles. The number of aromatic nitrogens is 1. The van der Waals surface area contributed by atoms with Gasteiger partial charge < -0.3 is 10.2 Å². The second-order valence-electron chi connectivity index (χ2n) is 6.15. The van der Waals surface area contributed by atoms with Crippen LogP contribution in [0.25, 0.3) is 0 Å². The molecule has 4 nitrogen and oxygen atoms in total. The fourth-order valence-electron chi connectivity index (χ4n) is 2.83. The normalized spacial score (nSPS) is 21.0. The van der Waals surface area contributed by atoms with Crippen LogP contribution in [0.5, 0.6) is 0 Å². The maximum absolute atomic E-state index is 12.7. The maximum Gasteiger partial charge on any atom is 0.254 e. The third-order valence-electron chi connectivity index (χ3n) is 4.45. The number of thiazole rings is 1. The molecule has 0 radical (unpaired) electrons. The fourth-order valence-corrected chi connectivity index (χ4v) is 4.34. The third-order valence-corrected chi connectivity index (χ3v) is 6.32. The molecule has 1 N–H and O–H groups in total. The number of aryl methyl sites for hydroxylation is 1. The second kappa shape index (κ2) is 7.68. The molecule has 3 rings (SSSR count). The summed E-state index contributed by atoms with van der Waals surface area (Å²) in [5.74, 6) is 0.992. The van der Waals surface area contributed by atoms with Crippen LogP contribution in [0.3, 0.4) is 0 Å². The topological polar surface area (TPSA) is 45.2 Å². The third kappa shape index (κ3) is 3.99. The molecule has 0 saturated carbocycles. The van der Waals surface area contributed by atoms with Crippen LogP contribution in [-0.4, -0.2) is 41.0 Å². The van der Waals surface area contributed by atoms with E-state index in [2.05, 4.69) is 29.5 Å². The van der Waals surface area contributed by atoms with Crippen molar-refractivity contribution >= 4 is 29.0 Å². The number of piperazine rings is 1. The number of nitrogens with one attached hydrogen (secondary N) is 1. The largest absolute Gasteiger partial charge is 0.333 e. The van der Waals surface area contributed by atoms with Crippen molar-refractivity contribution in [2.45, 2.75) is 43.5 Å². The average Bonchev–Trinajstić information content (AvgIpc) is 3.01. The molecule has 2 atom stereocenters. The van der Waals surface area contributed by atoms with Gasteiger partial charge in [0.25, 0.3) is 5.91 Å².